The zero-order valence-corrected chi connectivity index (χ0v) is 11.9. The lowest BCUT2D eigenvalue weighted by Crippen LogP contribution is -2.35. The normalized spacial score (nSPS) is 19.7. The number of para-hydroxylation sites is 1. The molecular weight excluding hydrogens is 250 g/mol. The molecule has 1 N–H and O–H groups in total. The second kappa shape index (κ2) is 5.37. The first-order valence-corrected chi connectivity index (χ1v) is 7.38. The van der Waals surface area contributed by atoms with Gasteiger partial charge in [0.2, 0.25) is 0 Å². The van der Waals surface area contributed by atoms with Gasteiger partial charge in [0.25, 0.3) is 0 Å². The Bertz CT molecular complexity index is 556. The molecule has 0 spiro atoms. The summed E-state index contributed by atoms with van der Waals surface area (Å²) in [7, 11) is 0. The first kappa shape index (κ1) is 13.3. The summed E-state index contributed by atoms with van der Waals surface area (Å²) < 4.78 is 1.76. The quantitative estimate of drug-likeness (QED) is 0.933. The number of hydrogen-bond acceptors (Lipinski definition) is 3. The Morgan fingerprint density at radius 3 is 2.55 bits per heavy atom. The number of aliphatic hydroxyl groups is 1. The zero-order valence-electron chi connectivity index (χ0n) is 11.9. The Balaban J connectivity index is 1.96. The molecule has 0 amide bonds. The van der Waals surface area contributed by atoms with Gasteiger partial charge in [0.15, 0.2) is 0 Å². The van der Waals surface area contributed by atoms with Crippen LogP contribution in [0.5, 0.6) is 0 Å². The predicted octanol–water partition coefficient (Wildman–Crippen LogP) is 3.06. The molecule has 1 aromatic carbocycles. The Hall–Kier alpha value is -1.68. The topological polar surface area (TPSA) is 50.9 Å². The molecule has 1 unspecified atom stereocenters. The van der Waals surface area contributed by atoms with Gasteiger partial charge in [0.05, 0.1) is 17.6 Å². The highest BCUT2D eigenvalue weighted by Crippen LogP contribution is 2.39. The van der Waals surface area contributed by atoms with Crippen LogP contribution in [0.1, 0.15) is 44.7 Å². The van der Waals surface area contributed by atoms with Gasteiger partial charge in [-0.1, -0.05) is 42.7 Å². The van der Waals surface area contributed by atoms with Gasteiger partial charge in [-0.15, -0.1) is 5.10 Å². The van der Waals surface area contributed by atoms with E-state index in [4.69, 9.17) is 0 Å². The standard InChI is InChI=1S/C16H21N3O/c1-16(20,13-8-4-2-5-9-13)15-12-17-18-19(15)14-10-6-3-7-11-14/h3,6-7,10-13,20H,2,4-5,8-9H2,1H3. The average molecular weight is 271 g/mol. The summed E-state index contributed by atoms with van der Waals surface area (Å²) in [6.45, 7) is 1.90. The molecular formula is C16H21N3O. The Labute approximate surface area is 119 Å². The monoisotopic (exact) mass is 271 g/mol. The highest BCUT2D eigenvalue weighted by Gasteiger charge is 2.37. The molecule has 1 aliphatic rings. The van der Waals surface area contributed by atoms with Gasteiger partial charge in [0.1, 0.15) is 5.60 Å². The summed E-state index contributed by atoms with van der Waals surface area (Å²) >= 11 is 0. The third-order valence-corrected chi connectivity index (χ3v) is 4.47. The fourth-order valence-electron chi connectivity index (χ4n) is 3.21. The summed E-state index contributed by atoms with van der Waals surface area (Å²) in [5.41, 5.74) is 0.853. The molecule has 4 nitrogen and oxygen atoms in total. The molecule has 0 saturated heterocycles. The number of aromatic nitrogens is 3. The van der Waals surface area contributed by atoms with E-state index in [2.05, 4.69) is 10.3 Å². The van der Waals surface area contributed by atoms with Crippen molar-refractivity contribution in [3.63, 3.8) is 0 Å². The summed E-state index contributed by atoms with van der Waals surface area (Å²) in [5.74, 6) is 0.289. The third-order valence-electron chi connectivity index (χ3n) is 4.47. The van der Waals surface area contributed by atoms with Gasteiger partial charge < -0.3 is 5.11 Å². The molecule has 2 aromatic rings. The fourth-order valence-corrected chi connectivity index (χ4v) is 3.21. The lowest BCUT2D eigenvalue weighted by Gasteiger charge is -2.35. The molecule has 1 saturated carbocycles. The van der Waals surface area contributed by atoms with Gasteiger partial charge in [-0.2, -0.15) is 0 Å². The fraction of sp³-hybridized carbons (Fsp3) is 0.500. The molecule has 1 atom stereocenters. The van der Waals surface area contributed by atoms with Crippen LogP contribution in [-0.4, -0.2) is 20.1 Å². The minimum Gasteiger partial charge on any atom is -0.383 e. The second-order valence-electron chi connectivity index (χ2n) is 5.85. The second-order valence-corrected chi connectivity index (χ2v) is 5.85. The minimum absolute atomic E-state index is 0.289. The molecule has 1 heterocycles. The van der Waals surface area contributed by atoms with Crippen LogP contribution >= 0.6 is 0 Å². The van der Waals surface area contributed by atoms with Gasteiger partial charge >= 0.3 is 0 Å². The van der Waals surface area contributed by atoms with Crippen LogP contribution < -0.4 is 0 Å². The van der Waals surface area contributed by atoms with Crippen molar-refractivity contribution in [1.82, 2.24) is 15.0 Å². The van der Waals surface area contributed by atoms with Crippen LogP contribution in [-0.2, 0) is 5.60 Å². The largest absolute Gasteiger partial charge is 0.383 e. The van der Waals surface area contributed by atoms with Crippen LogP contribution in [0, 0.1) is 5.92 Å². The Morgan fingerprint density at radius 1 is 1.15 bits per heavy atom. The first-order chi connectivity index (χ1) is 9.69. The summed E-state index contributed by atoms with van der Waals surface area (Å²) in [6.07, 6.45) is 7.53. The van der Waals surface area contributed by atoms with Gasteiger partial charge in [0, 0.05) is 0 Å². The molecule has 20 heavy (non-hydrogen) atoms. The van der Waals surface area contributed by atoms with Crippen molar-refractivity contribution in [1.29, 1.82) is 0 Å². The van der Waals surface area contributed by atoms with Gasteiger partial charge in [-0.05, 0) is 37.8 Å². The highest BCUT2D eigenvalue weighted by molar-refractivity contribution is 5.33. The summed E-state index contributed by atoms with van der Waals surface area (Å²) in [5, 5.41) is 19.2. The van der Waals surface area contributed by atoms with Crippen molar-refractivity contribution in [3.8, 4) is 5.69 Å². The summed E-state index contributed by atoms with van der Waals surface area (Å²) in [6, 6.07) is 9.87. The van der Waals surface area contributed by atoms with E-state index in [0.717, 1.165) is 24.2 Å². The van der Waals surface area contributed by atoms with E-state index in [0.29, 0.717) is 0 Å². The summed E-state index contributed by atoms with van der Waals surface area (Å²) in [4.78, 5) is 0. The van der Waals surface area contributed by atoms with E-state index in [1.807, 2.05) is 37.3 Å². The number of hydrogen-bond donors (Lipinski definition) is 1. The maximum atomic E-state index is 11.0. The lowest BCUT2D eigenvalue weighted by atomic mass is 9.76. The van der Waals surface area contributed by atoms with Crippen molar-refractivity contribution >= 4 is 0 Å². The highest BCUT2D eigenvalue weighted by atomic mass is 16.3. The van der Waals surface area contributed by atoms with Gasteiger partial charge in [-0.3, -0.25) is 0 Å². The van der Waals surface area contributed by atoms with Crippen molar-refractivity contribution < 1.29 is 5.11 Å². The van der Waals surface area contributed by atoms with Gasteiger partial charge in [-0.25, -0.2) is 4.68 Å². The smallest absolute Gasteiger partial charge is 0.108 e. The molecule has 1 aliphatic carbocycles. The van der Waals surface area contributed by atoms with Crippen molar-refractivity contribution in [2.75, 3.05) is 0 Å². The SMILES string of the molecule is CC(O)(c1cnnn1-c1ccccc1)C1CCCCC1. The van der Waals surface area contributed by atoms with E-state index in [-0.39, 0.29) is 5.92 Å². The van der Waals surface area contributed by atoms with Crippen LogP contribution in [0.2, 0.25) is 0 Å². The van der Waals surface area contributed by atoms with Crippen LogP contribution in [0.3, 0.4) is 0 Å². The molecule has 0 aliphatic heterocycles. The van der Waals surface area contributed by atoms with E-state index >= 15 is 0 Å². The molecule has 4 heteroatoms. The van der Waals surface area contributed by atoms with Crippen molar-refractivity contribution in [2.45, 2.75) is 44.6 Å². The van der Waals surface area contributed by atoms with E-state index in [9.17, 15) is 5.11 Å². The lowest BCUT2D eigenvalue weighted by molar-refractivity contribution is -0.0271. The predicted molar refractivity (Wildman–Crippen MR) is 77.5 cm³/mol. The first-order valence-electron chi connectivity index (χ1n) is 7.38. The maximum absolute atomic E-state index is 11.0. The molecule has 1 fully saturated rings. The molecule has 0 bridgehead atoms. The minimum atomic E-state index is -0.875. The number of rotatable bonds is 3. The van der Waals surface area contributed by atoms with Crippen LogP contribution in [0.4, 0.5) is 0 Å². The van der Waals surface area contributed by atoms with E-state index in [1.165, 1.54) is 19.3 Å². The van der Waals surface area contributed by atoms with Crippen molar-refractivity contribution in [3.05, 3.63) is 42.2 Å². The van der Waals surface area contributed by atoms with Crippen LogP contribution in [0.25, 0.3) is 5.69 Å². The van der Waals surface area contributed by atoms with Crippen molar-refractivity contribution in [2.24, 2.45) is 5.92 Å². The third kappa shape index (κ3) is 2.36. The number of nitrogens with zero attached hydrogens (tertiary/aromatic N) is 3. The van der Waals surface area contributed by atoms with E-state index < -0.39 is 5.60 Å². The molecule has 3 rings (SSSR count). The average Bonchev–Trinajstić information content (AvgIpc) is 2.99. The maximum Gasteiger partial charge on any atom is 0.108 e. The van der Waals surface area contributed by atoms with E-state index in [1.54, 1.807) is 10.9 Å². The molecule has 106 valence electrons. The Morgan fingerprint density at radius 2 is 1.85 bits per heavy atom. The molecule has 1 aromatic heterocycles. The molecule has 0 radical (unpaired) electrons. The Kier molecular flexibility index (Phi) is 3.57. The van der Waals surface area contributed by atoms with Crippen LogP contribution in [0.15, 0.2) is 36.5 Å². The number of benzene rings is 1. The zero-order chi connectivity index (χ0) is 14.0.